The van der Waals surface area contributed by atoms with Crippen LogP contribution in [0.15, 0.2) is 30.6 Å². The number of carboxylic acid groups (broad SMARTS) is 1. The van der Waals surface area contributed by atoms with Crippen molar-refractivity contribution in [2.45, 2.75) is 44.1 Å². The number of carbonyl (C=O) groups is 1. The van der Waals surface area contributed by atoms with Gasteiger partial charge in [-0.3, -0.25) is 9.69 Å². The van der Waals surface area contributed by atoms with Crippen LogP contribution in [0.3, 0.4) is 0 Å². The number of nitrogens with one attached hydrogen (secondary N) is 2. The number of benzene rings is 1. The van der Waals surface area contributed by atoms with Crippen molar-refractivity contribution in [3.05, 3.63) is 41.2 Å². The van der Waals surface area contributed by atoms with Crippen LogP contribution in [0.5, 0.6) is 0 Å². The molecule has 3 heterocycles. The van der Waals surface area contributed by atoms with Crippen LogP contribution in [-0.2, 0) is 16.0 Å². The van der Waals surface area contributed by atoms with Crippen molar-refractivity contribution in [3.8, 4) is 0 Å². The topological polar surface area (TPSA) is 155 Å². The first-order chi connectivity index (χ1) is 17.4. The largest absolute Gasteiger partial charge is 0.480 e. The van der Waals surface area contributed by atoms with Gasteiger partial charge in [-0.15, -0.1) is 0 Å². The predicted octanol–water partition coefficient (Wildman–Crippen LogP) is 1.34. The van der Waals surface area contributed by atoms with Gasteiger partial charge in [-0.1, -0.05) is 23.7 Å². The lowest BCUT2D eigenvalue weighted by Gasteiger charge is -2.28. The predicted molar refractivity (Wildman–Crippen MR) is 140 cm³/mol. The summed E-state index contributed by atoms with van der Waals surface area (Å²) in [6, 6.07) is 6.99. The van der Waals surface area contributed by atoms with Gasteiger partial charge in [0.15, 0.2) is 11.6 Å². The van der Waals surface area contributed by atoms with E-state index >= 15 is 0 Å². The first-order valence-electron chi connectivity index (χ1n) is 12.3. The number of rotatable bonds is 13. The SMILES string of the molecule is Nc1ncnc2c1NCN2[C@H]1CC[C@@H](CN(CCNCCc2ccc(Cl)cc2)CC[C@H](N)C(=O)O)O1. The molecule has 0 spiro atoms. The van der Waals surface area contributed by atoms with Gasteiger partial charge in [0, 0.05) is 31.2 Å². The zero-order chi connectivity index (χ0) is 25.5. The average molecular weight is 519 g/mol. The second-order valence-electron chi connectivity index (χ2n) is 9.21. The second-order valence-corrected chi connectivity index (χ2v) is 9.65. The van der Waals surface area contributed by atoms with Crippen molar-refractivity contribution in [1.82, 2.24) is 20.2 Å². The van der Waals surface area contributed by atoms with Gasteiger partial charge in [-0.05, 0) is 49.9 Å². The van der Waals surface area contributed by atoms with Crippen molar-refractivity contribution >= 4 is 34.9 Å². The molecule has 2 aliphatic heterocycles. The molecule has 0 radical (unpaired) electrons. The van der Waals surface area contributed by atoms with E-state index in [2.05, 4.69) is 30.4 Å². The number of ether oxygens (including phenoxy) is 1. The number of aliphatic carboxylic acids is 1. The van der Waals surface area contributed by atoms with E-state index in [1.54, 1.807) is 0 Å². The molecule has 11 nitrogen and oxygen atoms in total. The van der Waals surface area contributed by atoms with E-state index in [1.165, 1.54) is 11.9 Å². The Morgan fingerprint density at radius 3 is 2.86 bits per heavy atom. The van der Waals surface area contributed by atoms with E-state index in [9.17, 15) is 9.90 Å². The van der Waals surface area contributed by atoms with E-state index in [1.807, 2.05) is 24.3 Å². The number of hydrogen-bond acceptors (Lipinski definition) is 10. The lowest BCUT2D eigenvalue weighted by molar-refractivity contribution is -0.138. The third-order valence-electron chi connectivity index (χ3n) is 6.63. The molecule has 1 fully saturated rings. The monoisotopic (exact) mass is 518 g/mol. The summed E-state index contributed by atoms with van der Waals surface area (Å²) < 4.78 is 6.39. The number of nitrogens with zero attached hydrogens (tertiary/aromatic N) is 4. The van der Waals surface area contributed by atoms with Gasteiger partial charge >= 0.3 is 5.97 Å². The average Bonchev–Trinajstić information content (AvgIpc) is 3.50. The van der Waals surface area contributed by atoms with E-state index in [-0.39, 0.29) is 12.3 Å². The standard InChI is InChI=1S/C24H35ClN8O3/c25-17-3-1-16(2-4-17)7-9-28-10-12-32(11-8-19(26)24(34)35)13-18-5-6-20(36-18)33-15-31-21-22(27)29-14-30-23(21)33/h1-4,14,18-20,28,31H,5-13,15,26H2,(H,34,35)(H2,27,29,30)/t18-,19-,20+/m0/s1. The molecule has 1 saturated heterocycles. The van der Waals surface area contributed by atoms with Crippen LogP contribution in [0.1, 0.15) is 24.8 Å². The number of fused-ring (bicyclic) bond motifs is 1. The minimum Gasteiger partial charge on any atom is -0.480 e. The molecule has 4 rings (SSSR count). The van der Waals surface area contributed by atoms with Gasteiger partial charge in [0.1, 0.15) is 24.3 Å². The first kappa shape index (κ1) is 26.4. The molecule has 2 aliphatic rings. The molecule has 2 aromatic rings. The molecular weight excluding hydrogens is 484 g/mol. The number of nitrogen functional groups attached to an aromatic ring is 1. The van der Waals surface area contributed by atoms with Crippen LogP contribution < -0.4 is 27.0 Å². The van der Waals surface area contributed by atoms with Gasteiger partial charge in [0.05, 0.1) is 12.8 Å². The number of halogens is 1. The third-order valence-corrected chi connectivity index (χ3v) is 6.88. The van der Waals surface area contributed by atoms with E-state index in [0.29, 0.717) is 32.0 Å². The highest BCUT2D eigenvalue weighted by molar-refractivity contribution is 6.30. The summed E-state index contributed by atoms with van der Waals surface area (Å²) in [5.74, 6) is 0.221. The molecule has 0 unspecified atom stereocenters. The summed E-state index contributed by atoms with van der Waals surface area (Å²) in [5, 5.41) is 16.7. The van der Waals surface area contributed by atoms with Crippen molar-refractivity contribution in [2.24, 2.45) is 5.73 Å². The quantitative estimate of drug-likeness (QED) is 0.244. The maximum absolute atomic E-state index is 11.2. The molecule has 0 aliphatic carbocycles. The molecule has 0 saturated carbocycles. The zero-order valence-corrected chi connectivity index (χ0v) is 21.0. The summed E-state index contributed by atoms with van der Waals surface area (Å²) in [6.07, 6.45) is 4.48. The number of hydrogen-bond donors (Lipinski definition) is 5. The number of anilines is 3. The number of aromatic nitrogens is 2. The molecule has 1 aromatic carbocycles. The maximum Gasteiger partial charge on any atom is 0.320 e. The van der Waals surface area contributed by atoms with Crippen molar-refractivity contribution < 1.29 is 14.6 Å². The van der Waals surface area contributed by atoms with Gasteiger partial charge in [0.25, 0.3) is 0 Å². The summed E-state index contributed by atoms with van der Waals surface area (Å²) in [5.41, 5.74) is 13.7. The van der Waals surface area contributed by atoms with Crippen LogP contribution in [-0.4, -0.2) is 83.7 Å². The molecule has 12 heteroatoms. The Morgan fingerprint density at radius 2 is 2.08 bits per heavy atom. The van der Waals surface area contributed by atoms with Crippen molar-refractivity contribution in [2.75, 3.05) is 55.3 Å². The Balaban J connectivity index is 1.26. The number of carboxylic acids is 1. The zero-order valence-electron chi connectivity index (χ0n) is 20.3. The van der Waals surface area contributed by atoms with Crippen molar-refractivity contribution in [1.29, 1.82) is 0 Å². The first-order valence-corrected chi connectivity index (χ1v) is 12.7. The van der Waals surface area contributed by atoms with Crippen LogP contribution >= 0.6 is 11.6 Å². The molecule has 0 amide bonds. The summed E-state index contributed by atoms with van der Waals surface area (Å²) in [7, 11) is 0. The molecule has 1 aromatic heterocycles. The highest BCUT2D eigenvalue weighted by Gasteiger charge is 2.35. The van der Waals surface area contributed by atoms with Gasteiger partial charge < -0.3 is 36.8 Å². The van der Waals surface area contributed by atoms with Crippen LogP contribution in [0.4, 0.5) is 17.3 Å². The van der Waals surface area contributed by atoms with E-state index in [0.717, 1.165) is 55.4 Å². The summed E-state index contributed by atoms with van der Waals surface area (Å²) in [6.45, 7) is 4.28. The van der Waals surface area contributed by atoms with Crippen LogP contribution in [0, 0.1) is 0 Å². The molecule has 196 valence electrons. The maximum atomic E-state index is 11.2. The Labute approximate surface area is 216 Å². The van der Waals surface area contributed by atoms with Crippen LogP contribution in [0.25, 0.3) is 0 Å². The fraction of sp³-hybridized carbons (Fsp3) is 0.542. The van der Waals surface area contributed by atoms with Crippen LogP contribution in [0.2, 0.25) is 5.02 Å². The third kappa shape index (κ3) is 6.95. The fourth-order valence-corrected chi connectivity index (χ4v) is 4.70. The molecule has 0 bridgehead atoms. The molecule has 3 atom stereocenters. The lowest BCUT2D eigenvalue weighted by atomic mass is 10.1. The molecule has 7 N–H and O–H groups in total. The molecule has 36 heavy (non-hydrogen) atoms. The smallest absolute Gasteiger partial charge is 0.320 e. The summed E-state index contributed by atoms with van der Waals surface area (Å²) >= 11 is 5.95. The number of nitrogens with two attached hydrogens (primary N) is 2. The Hall–Kier alpha value is -2.70. The van der Waals surface area contributed by atoms with E-state index in [4.69, 9.17) is 27.8 Å². The highest BCUT2D eigenvalue weighted by Crippen LogP contribution is 2.37. The minimum atomic E-state index is -0.977. The van der Waals surface area contributed by atoms with Gasteiger partial charge in [0.2, 0.25) is 0 Å². The second kappa shape index (κ2) is 12.5. The normalized spacial score (nSPS) is 19.9. The highest BCUT2D eigenvalue weighted by atomic mass is 35.5. The van der Waals surface area contributed by atoms with Gasteiger partial charge in [-0.25, -0.2) is 9.97 Å². The Bertz CT molecular complexity index is 1010. The Morgan fingerprint density at radius 1 is 1.28 bits per heavy atom. The minimum absolute atomic E-state index is 0.0355. The van der Waals surface area contributed by atoms with E-state index < -0.39 is 12.0 Å². The Kier molecular flexibility index (Phi) is 9.16. The summed E-state index contributed by atoms with van der Waals surface area (Å²) in [4.78, 5) is 23.9. The van der Waals surface area contributed by atoms with Crippen molar-refractivity contribution in [3.63, 3.8) is 0 Å². The fourth-order valence-electron chi connectivity index (χ4n) is 4.58. The molecular formula is C24H35ClN8O3. The lowest BCUT2D eigenvalue weighted by Crippen LogP contribution is -2.42. The van der Waals surface area contributed by atoms with Gasteiger partial charge in [-0.2, -0.15) is 0 Å².